The first kappa shape index (κ1) is 19.1. The SMILES string of the molecule is CC1(C)C(=O)N(I)C(=O)N1I.CC1(C)C(=O)NC(=O)N1I. The normalized spacial score (nSPS) is 23.3. The molecule has 8 nitrogen and oxygen atoms in total. The van der Waals surface area contributed by atoms with Crippen LogP contribution in [0.25, 0.3) is 0 Å². The summed E-state index contributed by atoms with van der Waals surface area (Å²) in [5, 5.41) is 2.20. The molecule has 0 aliphatic carbocycles. The molecule has 0 spiro atoms. The van der Waals surface area contributed by atoms with Gasteiger partial charge in [-0.2, -0.15) is 3.11 Å². The summed E-state index contributed by atoms with van der Waals surface area (Å²) < 4.78 is 3.86. The van der Waals surface area contributed by atoms with E-state index in [2.05, 4.69) is 5.32 Å². The summed E-state index contributed by atoms with van der Waals surface area (Å²) in [4.78, 5) is 44.2. The highest BCUT2D eigenvalue weighted by Gasteiger charge is 2.49. The Bertz CT molecular complexity index is 522. The van der Waals surface area contributed by atoms with E-state index in [0.717, 1.165) is 3.11 Å². The van der Waals surface area contributed by atoms with E-state index in [1.165, 1.54) is 6.23 Å². The molecular weight excluding hydrogens is 621 g/mol. The Balaban J connectivity index is 0.000000211. The van der Waals surface area contributed by atoms with Crippen LogP contribution in [0.1, 0.15) is 27.7 Å². The molecule has 2 aliphatic heterocycles. The number of imide groups is 2. The maximum Gasteiger partial charge on any atom is 0.345 e. The second-order valence-electron chi connectivity index (χ2n) is 5.31. The van der Waals surface area contributed by atoms with E-state index in [9.17, 15) is 19.2 Å². The molecule has 6 amide bonds. The fraction of sp³-hybridized carbons (Fsp3) is 0.600. The highest BCUT2D eigenvalue weighted by atomic mass is 127. The lowest BCUT2D eigenvalue weighted by Crippen LogP contribution is -2.38. The van der Waals surface area contributed by atoms with Gasteiger partial charge in [0.15, 0.2) is 0 Å². The monoisotopic (exact) mass is 634 g/mol. The summed E-state index contributed by atoms with van der Waals surface area (Å²) in [5.74, 6) is -0.413. The standard InChI is InChI=1S/C5H6I2N2O2.C5H7IN2O2/c1-5(2)3(10)8(6)4(11)9(5)7;1-5(2)3(9)7-4(10)8(5)6/h1-2H3;1-2H3,(H,7,9,10). The maximum atomic E-state index is 11.3. The second-order valence-corrected chi connectivity index (χ2v) is 8.20. The van der Waals surface area contributed by atoms with Crippen LogP contribution in [0, 0.1) is 0 Å². The number of halogens is 3. The Morgan fingerprint density at radius 2 is 1.33 bits per heavy atom. The summed E-state index contributed by atoms with van der Waals surface area (Å²) in [6.07, 6.45) is 0. The summed E-state index contributed by atoms with van der Waals surface area (Å²) in [7, 11) is 0. The maximum absolute atomic E-state index is 11.3. The van der Waals surface area contributed by atoms with E-state index in [-0.39, 0.29) is 23.9 Å². The summed E-state index contributed by atoms with van der Waals surface area (Å²) in [6.45, 7) is 6.83. The van der Waals surface area contributed by atoms with Gasteiger partial charge in [0.05, 0.1) is 68.6 Å². The quantitative estimate of drug-likeness (QED) is 0.252. The number of nitrogens with one attached hydrogen (secondary N) is 1. The van der Waals surface area contributed by atoms with E-state index >= 15 is 0 Å². The van der Waals surface area contributed by atoms with Gasteiger partial charge >= 0.3 is 12.1 Å². The number of hydrogen-bond acceptors (Lipinski definition) is 4. The van der Waals surface area contributed by atoms with Gasteiger partial charge in [-0.3, -0.25) is 21.1 Å². The van der Waals surface area contributed by atoms with Crippen LogP contribution in [-0.2, 0) is 9.59 Å². The van der Waals surface area contributed by atoms with Crippen LogP contribution in [0.4, 0.5) is 9.59 Å². The van der Waals surface area contributed by atoms with Crippen molar-refractivity contribution in [3.8, 4) is 0 Å². The molecule has 0 aromatic carbocycles. The van der Waals surface area contributed by atoms with Gasteiger partial charge in [0.2, 0.25) is 0 Å². The highest BCUT2D eigenvalue weighted by molar-refractivity contribution is 14.1. The Hall–Kier alpha value is 0.0700. The van der Waals surface area contributed by atoms with Crippen molar-refractivity contribution in [2.75, 3.05) is 0 Å². The van der Waals surface area contributed by atoms with Crippen LogP contribution in [-0.4, -0.2) is 44.3 Å². The number of amides is 6. The molecule has 2 aliphatic rings. The lowest BCUT2D eigenvalue weighted by molar-refractivity contribution is -0.126. The van der Waals surface area contributed by atoms with Crippen molar-refractivity contribution in [2.24, 2.45) is 0 Å². The van der Waals surface area contributed by atoms with Gasteiger partial charge in [-0.25, -0.2) is 9.59 Å². The average Bonchev–Trinajstić information content (AvgIpc) is 2.65. The predicted molar refractivity (Wildman–Crippen MR) is 99.7 cm³/mol. The lowest BCUT2D eigenvalue weighted by atomic mass is 10.1. The molecule has 2 fully saturated rings. The van der Waals surface area contributed by atoms with Crippen LogP contribution < -0.4 is 5.32 Å². The topological polar surface area (TPSA) is 90.0 Å². The van der Waals surface area contributed by atoms with Gasteiger partial charge in [0.1, 0.15) is 11.1 Å². The smallest absolute Gasteiger partial charge is 0.275 e. The van der Waals surface area contributed by atoms with Gasteiger partial charge in [-0.05, 0) is 27.7 Å². The minimum atomic E-state index is -0.697. The molecule has 0 atom stereocenters. The summed E-state index contributed by atoms with van der Waals surface area (Å²) >= 11 is 5.38. The zero-order valence-corrected chi connectivity index (χ0v) is 18.1. The molecule has 0 radical (unpaired) electrons. The van der Waals surface area contributed by atoms with E-state index in [1.807, 2.05) is 45.7 Å². The summed E-state index contributed by atoms with van der Waals surface area (Å²) in [6, 6.07) is -0.600. The van der Waals surface area contributed by atoms with Crippen molar-refractivity contribution < 1.29 is 19.2 Å². The predicted octanol–water partition coefficient (Wildman–Crippen LogP) is 2.40. The average molecular weight is 634 g/mol. The number of urea groups is 2. The third-order valence-corrected chi connectivity index (χ3v) is 7.09. The second kappa shape index (κ2) is 6.29. The van der Waals surface area contributed by atoms with Crippen molar-refractivity contribution in [1.82, 2.24) is 14.7 Å². The molecule has 0 aromatic heterocycles. The molecule has 11 heteroatoms. The molecule has 0 saturated carbocycles. The molecule has 0 bridgehead atoms. The van der Waals surface area contributed by atoms with Crippen molar-refractivity contribution >= 4 is 92.5 Å². The number of carbonyl (C=O) groups is 4. The van der Waals surface area contributed by atoms with Crippen molar-refractivity contribution in [3.63, 3.8) is 0 Å². The summed E-state index contributed by atoms with van der Waals surface area (Å²) in [5.41, 5.74) is -1.39. The molecular formula is C10H13I3N4O4. The lowest BCUT2D eigenvalue weighted by Gasteiger charge is -2.19. The van der Waals surface area contributed by atoms with Gasteiger partial charge in [0, 0.05) is 0 Å². The Morgan fingerprint density at radius 1 is 0.857 bits per heavy atom. The Morgan fingerprint density at radius 3 is 1.43 bits per heavy atom. The van der Waals surface area contributed by atoms with Gasteiger partial charge < -0.3 is 0 Å². The zero-order chi connectivity index (χ0) is 16.7. The first-order valence-electron chi connectivity index (χ1n) is 5.67. The van der Waals surface area contributed by atoms with Crippen molar-refractivity contribution in [3.05, 3.63) is 0 Å². The number of nitrogens with zero attached hydrogens (tertiary/aromatic N) is 3. The highest BCUT2D eigenvalue weighted by Crippen LogP contribution is 2.32. The molecule has 2 heterocycles. The fourth-order valence-electron chi connectivity index (χ4n) is 1.37. The first-order chi connectivity index (χ1) is 9.35. The minimum Gasteiger partial charge on any atom is -0.275 e. The molecule has 2 rings (SSSR count). The number of carbonyl (C=O) groups excluding carboxylic acids is 4. The van der Waals surface area contributed by atoms with Crippen LogP contribution in [0.5, 0.6) is 0 Å². The minimum absolute atomic E-state index is 0.169. The number of rotatable bonds is 0. The van der Waals surface area contributed by atoms with E-state index in [4.69, 9.17) is 0 Å². The van der Waals surface area contributed by atoms with Gasteiger partial charge in [0.25, 0.3) is 11.8 Å². The largest absolute Gasteiger partial charge is 0.345 e. The molecule has 118 valence electrons. The van der Waals surface area contributed by atoms with Crippen molar-refractivity contribution in [1.29, 1.82) is 0 Å². The third kappa shape index (κ3) is 3.37. The van der Waals surface area contributed by atoms with E-state index in [0.29, 0.717) is 0 Å². The van der Waals surface area contributed by atoms with Crippen LogP contribution in [0.15, 0.2) is 0 Å². The first-order valence-corrected chi connectivity index (χ1v) is 8.56. The Kier molecular flexibility index (Phi) is 5.72. The molecule has 1 N–H and O–H groups in total. The molecule has 2 saturated heterocycles. The number of hydrogen-bond donors (Lipinski definition) is 1. The van der Waals surface area contributed by atoms with Crippen molar-refractivity contribution in [2.45, 2.75) is 38.8 Å². The zero-order valence-electron chi connectivity index (χ0n) is 11.6. The molecule has 0 aromatic rings. The van der Waals surface area contributed by atoms with Crippen LogP contribution in [0.2, 0.25) is 0 Å². The van der Waals surface area contributed by atoms with Crippen LogP contribution >= 0.6 is 68.6 Å². The Labute approximate surface area is 163 Å². The van der Waals surface area contributed by atoms with Crippen LogP contribution in [0.3, 0.4) is 0 Å². The fourth-order valence-corrected chi connectivity index (χ4v) is 3.35. The third-order valence-electron chi connectivity index (χ3n) is 2.97. The van der Waals surface area contributed by atoms with Gasteiger partial charge in [-0.1, -0.05) is 0 Å². The molecule has 21 heavy (non-hydrogen) atoms. The van der Waals surface area contributed by atoms with Gasteiger partial charge in [-0.15, -0.1) is 0 Å². The van der Waals surface area contributed by atoms with E-state index < -0.39 is 11.1 Å². The molecule has 0 unspecified atom stereocenters. The van der Waals surface area contributed by atoms with E-state index in [1.54, 1.807) is 50.6 Å².